The van der Waals surface area contributed by atoms with Crippen molar-refractivity contribution in [1.82, 2.24) is 5.43 Å². The lowest BCUT2D eigenvalue weighted by molar-refractivity contribution is -0.131. The topological polar surface area (TPSA) is 50.7 Å². The van der Waals surface area contributed by atoms with Crippen molar-refractivity contribution in [1.29, 1.82) is 0 Å². The molecule has 2 aromatic carbocycles. The molecule has 1 N–H and O–H groups in total. The van der Waals surface area contributed by atoms with Gasteiger partial charge in [-0.25, -0.2) is 5.43 Å². The summed E-state index contributed by atoms with van der Waals surface area (Å²) in [6.07, 6.45) is 0.905. The van der Waals surface area contributed by atoms with Crippen LogP contribution in [0, 0.1) is 0 Å². The number of methoxy groups -OCH3 is 1. The van der Waals surface area contributed by atoms with Gasteiger partial charge in [-0.2, -0.15) is 5.10 Å². The van der Waals surface area contributed by atoms with Gasteiger partial charge >= 0.3 is 0 Å². The van der Waals surface area contributed by atoms with E-state index in [1.54, 1.807) is 6.21 Å². The fraction of sp³-hybridized carbons (Fsp3) is 0.125. The van der Waals surface area contributed by atoms with E-state index in [2.05, 4.69) is 26.5 Å². The number of carbonyl (C=O) groups excluding carboxylic acids is 1. The molecule has 1 atom stereocenters. The highest BCUT2D eigenvalue weighted by Crippen LogP contribution is 2.16. The molecule has 0 saturated carbocycles. The summed E-state index contributed by atoms with van der Waals surface area (Å²) in [6, 6.07) is 16.9. The summed E-state index contributed by atoms with van der Waals surface area (Å²) in [4.78, 5) is 12.1. The Morgan fingerprint density at radius 2 is 1.86 bits per heavy atom. The quantitative estimate of drug-likeness (QED) is 0.667. The average Bonchev–Trinajstić information content (AvgIpc) is 2.51. The van der Waals surface area contributed by atoms with E-state index >= 15 is 0 Å². The minimum absolute atomic E-state index is 0.313. The molecule has 0 aliphatic heterocycles. The molecule has 1 amide bonds. The van der Waals surface area contributed by atoms with Crippen LogP contribution >= 0.6 is 15.9 Å². The Bertz CT molecular complexity index is 629. The lowest BCUT2D eigenvalue weighted by Crippen LogP contribution is -2.26. The molecule has 2 aromatic rings. The number of ether oxygens (including phenoxy) is 1. The van der Waals surface area contributed by atoms with Crippen LogP contribution in [0.2, 0.25) is 0 Å². The summed E-state index contributed by atoms with van der Waals surface area (Å²) < 4.78 is 6.14. The van der Waals surface area contributed by atoms with Crippen LogP contribution in [0.3, 0.4) is 0 Å². The smallest absolute Gasteiger partial charge is 0.273 e. The van der Waals surface area contributed by atoms with E-state index in [-0.39, 0.29) is 5.91 Å². The van der Waals surface area contributed by atoms with Gasteiger partial charge in [0.2, 0.25) is 0 Å². The van der Waals surface area contributed by atoms with Crippen LogP contribution in [-0.4, -0.2) is 19.2 Å². The van der Waals surface area contributed by atoms with E-state index in [9.17, 15) is 4.79 Å². The van der Waals surface area contributed by atoms with Crippen LogP contribution in [0.4, 0.5) is 0 Å². The van der Waals surface area contributed by atoms with Crippen LogP contribution in [0.5, 0.6) is 0 Å². The van der Waals surface area contributed by atoms with Gasteiger partial charge in [-0.05, 0) is 11.6 Å². The fourth-order valence-electron chi connectivity index (χ4n) is 1.83. The number of amides is 1. The van der Waals surface area contributed by atoms with Crippen molar-refractivity contribution < 1.29 is 9.53 Å². The number of nitrogens with zero attached hydrogens (tertiary/aromatic N) is 1. The molecule has 4 nitrogen and oxygen atoms in total. The maximum Gasteiger partial charge on any atom is 0.273 e. The number of rotatable bonds is 5. The highest BCUT2D eigenvalue weighted by Gasteiger charge is 2.18. The zero-order valence-corrected chi connectivity index (χ0v) is 13.1. The third kappa shape index (κ3) is 4.24. The number of halogens is 1. The van der Waals surface area contributed by atoms with Crippen molar-refractivity contribution in [3.8, 4) is 0 Å². The number of nitrogens with one attached hydrogen (secondary N) is 1. The van der Waals surface area contributed by atoms with Gasteiger partial charge < -0.3 is 4.74 Å². The van der Waals surface area contributed by atoms with Crippen LogP contribution < -0.4 is 5.43 Å². The lowest BCUT2D eigenvalue weighted by atomic mass is 10.1. The summed E-state index contributed by atoms with van der Waals surface area (Å²) >= 11 is 3.41. The molecule has 2 rings (SSSR count). The summed E-state index contributed by atoms with van der Waals surface area (Å²) in [5.41, 5.74) is 4.16. The Hall–Kier alpha value is -1.98. The molecule has 0 fully saturated rings. The third-order valence-corrected chi connectivity index (χ3v) is 3.58. The monoisotopic (exact) mass is 346 g/mol. The van der Waals surface area contributed by atoms with Crippen LogP contribution in [0.15, 0.2) is 64.2 Å². The van der Waals surface area contributed by atoms with Crippen LogP contribution in [0.1, 0.15) is 17.2 Å². The van der Waals surface area contributed by atoms with Gasteiger partial charge in [-0.15, -0.1) is 0 Å². The van der Waals surface area contributed by atoms with Crippen molar-refractivity contribution in [2.24, 2.45) is 5.10 Å². The van der Waals surface area contributed by atoms with E-state index in [0.29, 0.717) is 0 Å². The second-order valence-corrected chi connectivity index (χ2v) is 5.14. The molecular formula is C16H15BrN2O2. The number of hydrogen-bond donors (Lipinski definition) is 1. The Morgan fingerprint density at radius 3 is 2.52 bits per heavy atom. The first kappa shape index (κ1) is 15.4. The Kier molecular flexibility index (Phi) is 5.66. The van der Waals surface area contributed by atoms with Gasteiger partial charge in [-0.1, -0.05) is 64.5 Å². The second kappa shape index (κ2) is 7.71. The molecule has 0 bridgehead atoms. The normalized spacial score (nSPS) is 12.3. The zero-order valence-electron chi connectivity index (χ0n) is 11.5. The number of carbonyl (C=O) groups is 1. The minimum atomic E-state index is -0.678. The number of benzene rings is 2. The molecule has 0 unspecified atom stereocenters. The number of hydrazone groups is 1. The molecule has 108 valence electrons. The first-order chi connectivity index (χ1) is 10.2. The molecule has 0 radical (unpaired) electrons. The van der Waals surface area contributed by atoms with Crippen molar-refractivity contribution in [2.45, 2.75) is 6.10 Å². The number of hydrogen-bond acceptors (Lipinski definition) is 3. The van der Waals surface area contributed by atoms with Crippen molar-refractivity contribution in [2.75, 3.05) is 7.11 Å². The predicted octanol–water partition coefficient (Wildman–Crippen LogP) is 3.29. The largest absolute Gasteiger partial charge is 0.367 e. The van der Waals surface area contributed by atoms with E-state index < -0.39 is 6.10 Å². The average molecular weight is 347 g/mol. The summed E-state index contributed by atoms with van der Waals surface area (Å²) in [6.45, 7) is 0. The second-order valence-electron chi connectivity index (χ2n) is 4.28. The highest BCUT2D eigenvalue weighted by atomic mass is 79.9. The molecule has 0 aliphatic rings. The van der Waals surface area contributed by atoms with E-state index in [0.717, 1.165) is 15.6 Å². The molecule has 21 heavy (non-hydrogen) atoms. The SMILES string of the molecule is CO[C@@H](C(=O)N/N=C\c1ccccc1Br)c1ccccc1. The predicted molar refractivity (Wildman–Crippen MR) is 86.1 cm³/mol. The first-order valence-corrected chi connectivity index (χ1v) is 7.17. The Labute approximate surface area is 132 Å². The van der Waals surface area contributed by atoms with Crippen LogP contribution in [0.25, 0.3) is 0 Å². The van der Waals surface area contributed by atoms with Gasteiger partial charge in [-0.3, -0.25) is 4.79 Å². The minimum Gasteiger partial charge on any atom is -0.367 e. The maximum atomic E-state index is 12.1. The maximum absolute atomic E-state index is 12.1. The highest BCUT2D eigenvalue weighted by molar-refractivity contribution is 9.10. The summed E-state index contributed by atoms with van der Waals surface area (Å²) in [5, 5.41) is 3.96. The summed E-state index contributed by atoms with van der Waals surface area (Å²) in [7, 11) is 1.49. The van der Waals surface area contributed by atoms with Crippen molar-refractivity contribution in [3.05, 3.63) is 70.2 Å². The third-order valence-electron chi connectivity index (χ3n) is 2.86. The molecule has 0 aliphatic carbocycles. The first-order valence-electron chi connectivity index (χ1n) is 6.37. The van der Waals surface area contributed by atoms with Gasteiger partial charge in [0.15, 0.2) is 6.10 Å². The van der Waals surface area contributed by atoms with Gasteiger partial charge in [0.05, 0.1) is 6.21 Å². The Balaban J connectivity index is 2.02. The molecule has 0 spiro atoms. The molecule has 0 heterocycles. The molecule has 0 aromatic heterocycles. The molecule has 0 saturated heterocycles. The van der Waals surface area contributed by atoms with Gasteiger partial charge in [0.25, 0.3) is 5.91 Å². The van der Waals surface area contributed by atoms with Gasteiger partial charge in [0.1, 0.15) is 0 Å². The van der Waals surface area contributed by atoms with Crippen LogP contribution in [-0.2, 0) is 9.53 Å². The van der Waals surface area contributed by atoms with Crippen molar-refractivity contribution >= 4 is 28.1 Å². The van der Waals surface area contributed by atoms with Crippen molar-refractivity contribution in [3.63, 3.8) is 0 Å². The fourth-order valence-corrected chi connectivity index (χ4v) is 2.21. The van der Waals surface area contributed by atoms with E-state index in [1.165, 1.54) is 7.11 Å². The van der Waals surface area contributed by atoms with E-state index in [4.69, 9.17) is 4.74 Å². The van der Waals surface area contributed by atoms with E-state index in [1.807, 2.05) is 54.6 Å². The van der Waals surface area contributed by atoms with Gasteiger partial charge in [0, 0.05) is 17.1 Å². The lowest BCUT2D eigenvalue weighted by Gasteiger charge is -2.13. The zero-order chi connectivity index (χ0) is 15.1. The molecular weight excluding hydrogens is 332 g/mol. The molecule has 5 heteroatoms. The summed E-state index contributed by atoms with van der Waals surface area (Å²) in [5.74, 6) is -0.313. The Morgan fingerprint density at radius 1 is 1.19 bits per heavy atom. The standard InChI is InChI=1S/C16H15BrN2O2/c1-21-15(12-7-3-2-4-8-12)16(20)19-18-11-13-9-5-6-10-14(13)17/h2-11,15H,1H3,(H,19,20)/b18-11-/t15-/m1/s1.